The number of ether oxygens (including phenoxy) is 1. The normalized spacial score (nSPS) is 15.7. The lowest BCUT2D eigenvalue weighted by Crippen LogP contribution is -2.35. The zero-order valence-corrected chi connectivity index (χ0v) is 17.3. The van der Waals surface area contributed by atoms with Gasteiger partial charge in [0.15, 0.2) is 5.58 Å². The Morgan fingerprint density at radius 1 is 1.14 bits per heavy atom. The van der Waals surface area contributed by atoms with Crippen molar-refractivity contribution in [3.8, 4) is 0 Å². The molecule has 1 fully saturated rings. The molecule has 0 aliphatic carbocycles. The number of halogens is 1. The summed E-state index contributed by atoms with van der Waals surface area (Å²) in [5.41, 5.74) is 2.08. The molecule has 1 N–H and O–H groups in total. The average Bonchev–Trinajstić information content (AvgIpc) is 2.97. The molecule has 1 aliphatic rings. The van der Waals surface area contributed by atoms with E-state index in [0.29, 0.717) is 11.2 Å². The van der Waals surface area contributed by atoms with Gasteiger partial charge in [0, 0.05) is 38.4 Å². The third kappa shape index (κ3) is 4.18. The molecule has 0 amide bonds. The molecular formula is C19H20ClN3O5S. The number of morpholine rings is 1. The molecule has 154 valence electrons. The van der Waals surface area contributed by atoms with Crippen molar-refractivity contribution in [1.29, 1.82) is 0 Å². The van der Waals surface area contributed by atoms with Gasteiger partial charge in [0.25, 0.3) is 10.0 Å². The third-order valence-electron chi connectivity index (χ3n) is 4.85. The predicted molar refractivity (Wildman–Crippen MR) is 110 cm³/mol. The maximum absolute atomic E-state index is 12.8. The second-order valence-corrected chi connectivity index (χ2v) is 8.93. The van der Waals surface area contributed by atoms with Crippen molar-refractivity contribution in [2.24, 2.45) is 7.05 Å². The van der Waals surface area contributed by atoms with Crippen molar-refractivity contribution in [3.05, 3.63) is 57.5 Å². The summed E-state index contributed by atoms with van der Waals surface area (Å²) in [5, 5.41) is 0.00494. The lowest BCUT2D eigenvalue weighted by atomic mass is 10.2. The number of hydrogen-bond donors (Lipinski definition) is 1. The average molecular weight is 438 g/mol. The van der Waals surface area contributed by atoms with Crippen molar-refractivity contribution < 1.29 is 17.6 Å². The van der Waals surface area contributed by atoms with Crippen LogP contribution in [0.2, 0.25) is 5.02 Å². The van der Waals surface area contributed by atoms with Crippen molar-refractivity contribution >= 4 is 38.4 Å². The zero-order chi connectivity index (χ0) is 20.6. The third-order valence-corrected chi connectivity index (χ3v) is 6.70. The summed E-state index contributed by atoms with van der Waals surface area (Å²) < 4.78 is 39.8. The first-order valence-electron chi connectivity index (χ1n) is 9.04. The van der Waals surface area contributed by atoms with Gasteiger partial charge >= 0.3 is 5.76 Å². The summed E-state index contributed by atoms with van der Waals surface area (Å²) in [5.74, 6) is -0.588. The molecule has 4 rings (SSSR count). The van der Waals surface area contributed by atoms with E-state index < -0.39 is 15.8 Å². The molecule has 1 saturated heterocycles. The Bertz CT molecular complexity index is 1200. The Kier molecular flexibility index (Phi) is 5.39. The summed E-state index contributed by atoms with van der Waals surface area (Å²) in [6.45, 7) is 4.00. The van der Waals surface area contributed by atoms with E-state index in [1.54, 1.807) is 12.1 Å². The molecule has 3 aromatic rings. The predicted octanol–water partition coefficient (Wildman–Crippen LogP) is 2.42. The first kappa shape index (κ1) is 20.0. The second-order valence-electron chi connectivity index (χ2n) is 6.87. The molecule has 1 aromatic heterocycles. The maximum atomic E-state index is 12.8. The van der Waals surface area contributed by atoms with Gasteiger partial charge in [0.2, 0.25) is 0 Å². The number of fused-ring (bicyclic) bond motifs is 1. The fraction of sp³-hybridized carbons (Fsp3) is 0.316. The number of aromatic nitrogens is 1. The van der Waals surface area contributed by atoms with Crippen LogP contribution in [0.5, 0.6) is 0 Å². The Hall–Kier alpha value is -2.33. The summed E-state index contributed by atoms with van der Waals surface area (Å²) >= 11 is 6.18. The number of nitrogens with zero attached hydrogens (tertiary/aromatic N) is 2. The first-order valence-corrected chi connectivity index (χ1v) is 10.9. The largest absolute Gasteiger partial charge is 0.419 e. The van der Waals surface area contributed by atoms with Crippen molar-refractivity contribution in [1.82, 2.24) is 9.47 Å². The molecule has 2 aromatic carbocycles. The van der Waals surface area contributed by atoms with Crippen LogP contribution in [0.15, 0.2) is 50.5 Å². The number of sulfonamides is 1. The monoisotopic (exact) mass is 437 g/mol. The lowest BCUT2D eigenvalue weighted by molar-refractivity contribution is 0.0342. The fourth-order valence-electron chi connectivity index (χ4n) is 3.24. The van der Waals surface area contributed by atoms with Crippen LogP contribution >= 0.6 is 11.6 Å². The van der Waals surface area contributed by atoms with Crippen LogP contribution in [0, 0.1) is 0 Å². The smallest absolute Gasteiger partial charge is 0.408 e. The van der Waals surface area contributed by atoms with Gasteiger partial charge in [0.05, 0.1) is 23.8 Å². The van der Waals surface area contributed by atoms with E-state index in [9.17, 15) is 13.2 Å². The summed E-state index contributed by atoms with van der Waals surface area (Å²) in [4.78, 5) is 13.8. The minimum Gasteiger partial charge on any atom is -0.408 e. The van der Waals surface area contributed by atoms with E-state index in [1.165, 1.54) is 23.7 Å². The fourth-order valence-corrected chi connectivity index (χ4v) is 4.84. The van der Waals surface area contributed by atoms with E-state index in [0.717, 1.165) is 38.4 Å². The van der Waals surface area contributed by atoms with Gasteiger partial charge in [-0.05, 0) is 23.8 Å². The SMILES string of the molecule is Cn1c(=O)oc2cc(S(=O)(=O)Nc3ccc(CN4CCOCC4)cc3)c(Cl)cc21. The topological polar surface area (TPSA) is 93.8 Å². The number of anilines is 1. The van der Waals surface area contributed by atoms with Crippen molar-refractivity contribution in [2.75, 3.05) is 31.0 Å². The second kappa shape index (κ2) is 7.83. The Morgan fingerprint density at radius 2 is 1.83 bits per heavy atom. The molecule has 8 nitrogen and oxygen atoms in total. The van der Waals surface area contributed by atoms with Gasteiger partial charge in [0.1, 0.15) is 4.90 Å². The van der Waals surface area contributed by atoms with Crippen LogP contribution in [0.3, 0.4) is 0 Å². The van der Waals surface area contributed by atoms with Crippen LogP contribution in [0.25, 0.3) is 11.1 Å². The van der Waals surface area contributed by atoms with Gasteiger partial charge in [-0.1, -0.05) is 23.7 Å². The minimum atomic E-state index is -3.96. The number of hydrogen-bond acceptors (Lipinski definition) is 6. The molecule has 0 unspecified atom stereocenters. The molecular weight excluding hydrogens is 418 g/mol. The van der Waals surface area contributed by atoms with Gasteiger partial charge in [-0.3, -0.25) is 14.2 Å². The number of nitrogens with one attached hydrogen (secondary N) is 1. The lowest BCUT2D eigenvalue weighted by Gasteiger charge is -2.26. The summed E-state index contributed by atoms with van der Waals surface area (Å²) in [6, 6.07) is 9.85. The molecule has 10 heteroatoms. The number of rotatable bonds is 5. The summed E-state index contributed by atoms with van der Waals surface area (Å²) in [6.07, 6.45) is 0. The number of oxazole rings is 1. The first-order chi connectivity index (χ1) is 13.8. The van der Waals surface area contributed by atoms with Gasteiger partial charge in [-0.25, -0.2) is 13.2 Å². The van der Waals surface area contributed by atoms with Crippen LogP contribution in [0.1, 0.15) is 5.56 Å². The molecule has 1 aliphatic heterocycles. The molecule has 0 bridgehead atoms. The highest BCUT2D eigenvalue weighted by atomic mass is 35.5. The Morgan fingerprint density at radius 3 is 2.52 bits per heavy atom. The van der Waals surface area contributed by atoms with Crippen molar-refractivity contribution in [2.45, 2.75) is 11.4 Å². The van der Waals surface area contributed by atoms with Crippen LogP contribution < -0.4 is 10.5 Å². The van der Waals surface area contributed by atoms with E-state index in [4.69, 9.17) is 20.8 Å². The van der Waals surface area contributed by atoms with Crippen molar-refractivity contribution in [3.63, 3.8) is 0 Å². The standard InChI is InChI=1S/C19H20ClN3O5S/c1-22-16-10-15(20)18(11-17(16)28-19(22)24)29(25,26)21-14-4-2-13(3-5-14)12-23-6-8-27-9-7-23/h2-5,10-11,21H,6-9,12H2,1H3. The van der Waals surface area contributed by atoms with E-state index in [1.807, 2.05) is 12.1 Å². The van der Waals surface area contributed by atoms with Crippen LogP contribution in [-0.4, -0.2) is 44.2 Å². The number of aryl methyl sites for hydroxylation is 1. The van der Waals surface area contributed by atoms with Gasteiger partial charge < -0.3 is 9.15 Å². The minimum absolute atomic E-state index is 0.00494. The van der Waals surface area contributed by atoms with Crippen LogP contribution in [0.4, 0.5) is 5.69 Å². The van der Waals surface area contributed by atoms with Crippen LogP contribution in [-0.2, 0) is 28.4 Å². The highest BCUT2D eigenvalue weighted by Crippen LogP contribution is 2.28. The quantitative estimate of drug-likeness (QED) is 0.658. The van der Waals surface area contributed by atoms with E-state index in [2.05, 4.69) is 9.62 Å². The number of benzene rings is 2. The molecule has 0 saturated carbocycles. The highest BCUT2D eigenvalue weighted by Gasteiger charge is 2.21. The van der Waals surface area contributed by atoms with E-state index in [-0.39, 0.29) is 15.5 Å². The molecule has 0 atom stereocenters. The maximum Gasteiger partial charge on any atom is 0.419 e. The van der Waals surface area contributed by atoms with Gasteiger partial charge in [-0.15, -0.1) is 0 Å². The molecule has 0 spiro atoms. The van der Waals surface area contributed by atoms with Gasteiger partial charge in [-0.2, -0.15) is 0 Å². The Balaban J connectivity index is 1.54. The van der Waals surface area contributed by atoms with E-state index >= 15 is 0 Å². The molecule has 0 radical (unpaired) electrons. The molecule has 29 heavy (non-hydrogen) atoms. The molecule has 2 heterocycles. The zero-order valence-electron chi connectivity index (χ0n) is 15.7. The Labute approximate surface area is 172 Å². The summed E-state index contributed by atoms with van der Waals surface area (Å²) in [7, 11) is -2.44. The highest BCUT2D eigenvalue weighted by molar-refractivity contribution is 7.92.